The summed E-state index contributed by atoms with van der Waals surface area (Å²) in [5, 5.41) is 12.6. The molecule has 8 nitrogen and oxygen atoms in total. The van der Waals surface area contributed by atoms with Crippen molar-refractivity contribution in [1.82, 2.24) is 9.88 Å². The monoisotopic (exact) mass is 433 g/mol. The van der Waals surface area contributed by atoms with Gasteiger partial charge in [0.1, 0.15) is 12.4 Å². The van der Waals surface area contributed by atoms with Crippen LogP contribution in [0.1, 0.15) is 41.5 Å². The molecule has 4 rings (SSSR count). The molecule has 2 aromatic rings. The minimum absolute atomic E-state index is 0.417. The van der Waals surface area contributed by atoms with Crippen molar-refractivity contribution in [1.29, 1.82) is 5.26 Å². The van der Waals surface area contributed by atoms with Crippen molar-refractivity contribution in [3.8, 4) is 17.7 Å². The Morgan fingerprint density at radius 1 is 1.38 bits per heavy atom. The van der Waals surface area contributed by atoms with Crippen LogP contribution in [0.5, 0.6) is 11.6 Å². The van der Waals surface area contributed by atoms with Crippen LogP contribution < -0.4 is 20.5 Å². The lowest BCUT2D eigenvalue weighted by Gasteiger charge is -2.33. The normalized spacial score (nSPS) is 17.6. The Morgan fingerprint density at radius 2 is 2.16 bits per heavy atom. The first-order valence-corrected chi connectivity index (χ1v) is 10.6. The quantitative estimate of drug-likeness (QED) is 0.690. The van der Waals surface area contributed by atoms with E-state index in [1.807, 2.05) is 13.8 Å². The van der Waals surface area contributed by atoms with Gasteiger partial charge in [-0.05, 0) is 51.1 Å². The Kier molecular flexibility index (Phi) is 6.01. The number of hydrogen-bond donors (Lipinski definition) is 2. The van der Waals surface area contributed by atoms with E-state index < -0.39 is 11.8 Å². The van der Waals surface area contributed by atoms with E-state index in [0.717, 1.165) is 42.0 Å². The number of ether oxygens (including phenoxy) is 2. The molecule has 0 radical (unpaired) electrons. The lowest BCUT2D eigenvalue weighted by atomic mass is 9.79. The molecule has 8 heteroatoms. The zero-order valence-corrected chi connectivity index (χ0v) is 18.6. The van der Waals surface area contributed by atoms with E-state index in [9.17, 15) is 10.1 Å². The zero-order chi connectivity index (χ0) is 22.8. The van der Waals surface area contributed by atoms with Gasteiger partial charge in [0, 0.05) is 29.6 Å². The summed E-state index contributed by atoms with van der Waals surface area (Å²) in [6, 6.07) is 7.31. The van der Waals surface area contributed by atoms with Crippen molar-refractivity contribution < 1.29 is 14.3 Å². The molecule has 1 aromatic heterocycles. The highest BCUT2D eigenvalue weighted by atomic mass is 16.5. The second-order valence-corrected chi connectivity index (χ2v) is 8.11. The van der Waals surface area contributed by atoms with Crippen molar-refractivity contribution in [2.24, 2.45) is 5.73 Å². The largest absolute Gasteiger partial charge is 0.496 e. The molecule has 1 atom stereocenters. The third kappa shape index (κ3) is 3.87. The molecule has 1 saturated heterocycles. The highest BCUT2D eigenvalue weighted by molar-refractivity contribution is 5.98. The van der Waals surface area contributed by atoms with Crippen LogP contribution in [-0.2, 0) is 4.79 Å². The van der Waals surface area contributed by atoms with Crippen LogP contribution in [0.15, 0.2) is 35.7 Å². The number of nitrogens with two attached hydrogens (primary N) is 1. The molecule has 3 N–H and O–H groups in total. The van der Waals surface area contributed by atoms with Gasteiger partial charge in [-0.2, -0.15) is 5.26 Å². The summed E-state index contributed by atoms with van der Waals surface area (Å²) < 4.78 is 11.7. The summed E-state index contributed by atoms with van der Waals surface area (Å²) in [5.41, 5.74) is 10.6. The molecular weight excluding hydrogens is 406 g/mol. The van der Waals surface area contributed by atoms with Crippen LogP contribution in [0, 0.1) is 18.3 Å². The zero-order valence-electron chi connectivity index (χ0n) is 18.6. The number of amides is 1. The number of benzene rings is 1. The van der Waals surface area contributed by atoms with Gasteiger partial charge >= 0.3 is 0 Å². The van der Waals surface area contributed by atoms with Gasteiger partial charge in [0.2, 0.25) is 11.8 Å². The van der Waals surface area contributed by atoms with Gasteiger partial charge in [-0.3, -0.25) is 9.69 Å². The number of aromatic nitrogens is 1. The van der Waals surface area contributed by atoms with Crippen molar-refractivity contribution in [2.75, 3.05) is 38.7 Å². The maximum Gasteiger partial charge on any atom is 0.247 e. The second-order valence-electron chi connectivity index (χ2n) is 8.11. The maximum atomic E-state index is 12.6. The van der Waals surface area contributed by atoms with Crippen molar-refractivity contribution in [3.63, 3.8) is 0 Å². The highest BCUT2D eigenvalue weighted by Crippen LogP contribution is 2.48. The molecule has 3 heterocycles. The highest BCUT2D eigenvalue weighted by Gasteiger charge is 2.37. The standard InChI is InChI=1S/C24H27N5O3/c1-14-13-27-24(32-10-9-29-7-4-8-29)21-20(19(23(26)30)15(2)28-22(14)21)17-6-5-16(12-25)11-18(17)31-3/h5-6,11,13,20,28H,4,7-10H2,1-3H3,(H2,26,30)/t20-/m0/s1. The van der Waals surface area contributed by atoms with Gasteiger partial charge in [-0.15, -0.1) is 0 Å². The number of anilines is 1. The second kappa shape index (κ2) is 8.89. The molecule has 1 amide bonds. The van der Waals surface area contributed by atoms with E-state index >= 15 is 0 Å². The smallest absolute Gasteiger partial charge is 0.247 e. The number of allylic oxidation sites excluding steroid dienone is 1. The van der Waals surface area contributed by atoms with Gasteiger partial charge in [0.15, 0.2) is 0 Å². The number of pyridine rings is 1. The summed E-state index contributed by atoms with van der Waals surface area (Å²) in [6.45, 7) is 7.27. The van der Waals surface area contributed by atoms with Crippen molar-refractivity contribution in [2.45, 2.75) is 26.2 Å². The number of nitriles is 1. The van der Waals surface area contributed by atoms with E-state index in [1.165, 1.54) is 6.42 Å². The minimum atomic E-state index is -0.544. The fourth-order valence-electron chi connectivity index (χ4n) is 4.31. The Hall–Kier alpha value is -3.57. The topological polar surface area (TPSA) is 113 Å². The van der Waals surface area contributed by atoms with Crippen LogP contribution in [0.2, 0.25) is 0 Å². The number of rotatable bonds is 7. The molecule has 0 spiro atoms. The van der Waals surface area contributed by atoms with E-state index in [-0.39, 0.29) is 0 Å². The molecule has 2 aliphatic heterocycles. The summed E-state index contributed by atoms with van der Waals surface area (Å²) >= 11 is 0. The molecule has 0 saturated carbocycles. The first-order valence-electron chi connectivity index (χ1n) is 10.6. The number of nitrogens with zero attached hydrogens (tertiary/aromatic N) is 3. The van der Waals surface area contributed by atoms with Gasteiger partial charge < -0.3 is 20.5 Å². The van der Waals surface area contributed by atoms with E-state index in [4.69, 9.17) is 15.2 Å². The Balaban J connectivity index is 1.85. The van der Waals surface area contributed by atoms with Gasteiger partial charge in [-0.25, -0.2) is 4.98 Å². The molecule has 32 heavy (non-hydrogen) atoms. The Bertz CT molecular complexity index is 1130. The predicted octanol–water partition coefficient (Wildman–Crippen LogP) is 2.67. The van der Waals surface area contributed by atoms with Crippen LogP contribution in [0.3, 0.4) is 0 Å². The third-order valence-electron chi connectivity index (χ3n) is 6.10. The summed E-state index contributed by atoms with van der Waals surface area (Å²) in [7, 11) is 1.54. The Morgan fingerprint density at radius 3 is 2.78 bits per heavy atom. The molecular formula is C24H27N5O3. The van der Waals surface area contributed by atoms with Gasteiger partial charge in [0.05, 0.1) is 35.9 Å². The predicted molar refractivity (Wildman–Crippen MR) is 121 cm³/mol. The van der Waals surface area contributed by atoms with Crippen molar-refractivity contribution in [3.05, 3.63) is 57.9 Å². The molecule has 1 fully saturated rings. The van der Waals surface area contributed by atoms with Crippen LogP contribution in [0.25, 0.3) is 0 Å². The number of methoxy groups -OCH3 is 1. The van der Waals surface area contributed by atoms with Crippen molar-refractivity contribution >= 4 is 11.6 Å². The minimum Gasteiger partial charge on any atom is -0.496 e. The molecule has 0 unspecified atom stereocenters. The average molecular weight is 434 g/mol. The summed E-state index contributed by atoms with van der Waals surface area (Å²) in [5.74, 6) is -0.120. The fraction of sp³-hybridized carbons (Fsp3) is 0.375. The van der Waals surface area contributed by atoms with Gasteiger partial charge in [0.25, 0.3) is 0 Å². The lowest BCUT2D eigenvalue weighted by molar-refractivity contribution is -0.114. The summed E-state index contributed by atoms with van der Waals surface area (Å²) in [4.78, 5) is 19.5. The molecule has 0 bridgehead atoms. The van der Waals surface area contributed by atoms with Gasteiger partial charge in [-0.1, -0.05) is 6.07 Å². The molecule has 2 aliphatic rings. The SMILES string of the molecule is COc1cc(C#N)ccc1[C@H]1C(C(N)=O)=C(C)Nc2c(C)cnc(OCCN3CCC3)c21. The van der Waals surface area contributed by atoms with Crippen LogP contribution in [0.4, 0.5) is 5.69 Å². The fourth-order valence-corrected chi connectivity index (χ4v) is 4.31. The van der Waals surface area contributed by atoms with E-state index in [0.29, 0.717) is 35.1 Å². The number of fused-ring (bicyclic) bond motifs is 1. The third-order valence-corrected chi connectivity index (χ3v) is 6.10. The average Bonchev–Trinajstić information content (AvgIpc) is 2.75. The number of carbonyl (C=O) groups is 1. The number of nitrogens with one attached hydrogen (secondary N) is 1. The van der Waals surface area contributed by atoms with E-state index in [2.05, 4.69) is 21.3 Å². The van der Waals surface area contributed by atoms with E-state index in [1.54, 1.807) is 31.5 Å². The number of hydrogen-bond acceptors (Lipinski definition) is 7. The number of primary amides is 1. The number of aryl methyl sites for hydroxylation is 1. The first kappa shape index (κ1) is 21.7. The maximum absolute atomic E-state index is 12.6. The first-order chi connectivity index (χ1) is 15.4. The van der Waals surface area contributed by atoms with Crippen LogP contribution >= 0.6 is 0 Å². The lowest BCUT2D eigenvalue weighted by Crippen LogP contribution is -2.39. The van der Waals surface area contributed by atoms with Crippen LogP contribution in [-0.4, -0.2) is 49.1 Å². The molecule has 1 aromatic carbocycles. The summed E-state index contributed by atoms with van der Waals surface area (Å²) in [6.07, 6.45) is 2.98. The Labute approximate surface area is 187 Å². The molecule has 166 valence electrons. The molecule has 0 aliphatic carbocycles. The number of likely N-dealkylation sites (tertiary alicyclic amines) is 1. The number of carbonyl (C=O) groups excluding carboxylic acids is 1.